The number of carbonyl (C=O) groups is 2. The first-order valence-corrected chi connectivity index (χ1v) is 13.4. The lowest BCUT2D eigenvalue weighted by Crippen LogP contribution is -2.55. The number of hydrogen-bond acceptors (Lipinski definition) is 6. The largest absolute Gasteiger partial charge is 0.496 e. The Hall–Kier alpha value is -2.95. The number of nitrogens with zero attached hydrogens (tertiary/aromatic N) is 1. The molecule has 1 aliphatic heterocycles. The molecule has 1 fully saturated rings. The van der Waals surface area contributed by atoms with Gasteiger partial charge in [0.2, 0.25) is 0 Å². The molecule has 36 heavy (non-hydrogen) atoms. The number of hydrogen-bond donors (Lipinski definition) is 2. The van der Waals surface area contributed by atoms with E-state index in [1.54, 1.807) is 38.1 Å². The first kappa shape index (κ1) is 27.6. The standard InChI is InChI=1S/C26H35N3O6S/c1-19(2)23(25(31)35-4)28-36(32,33)29-16-14-26(15-17-29,20-10-6-5-7-11-20)18-27-24(30)21-12-8-9-13-22(21)34-3/h5-13,19,23,28H,14-18H2,1-4H3,(H,27,30)/t23-/m0/s1. The number of nitrogens with one attached hydrogen (secondary N) is 2. The Balaban J connectivity index is 1.77. The van der Waals surface area contributed by atoms with Crippen molar-refractivity contribution in [2.75, 3.05) is 33.9 Å². The van der Waals surface area contributed by atoms with Crippen LogP contribution in [0.3, 0.4) is 0 Å². The van der Waals surface area contributed by atoms with Crippen LogP contribution >= 0.6 is 0 Å². The van der Waals surface area contributed by atoms with Gasteiger partial charge in [0.25, 0.3) is 16.1 Å². The van der Waals surface area contributed by atoms with Gasteiger partial charge < -0.3 is 14.8 Å². The van der Waals surface area contributed by atoms with Crippen LogP contribution in [0.2, 0.25) is 0 Å². The molecule has 2 aromatic carbocycles. The average molecular weight is 518 g/mol. The van der Waals surface area contributed by atoms with Crippen molar-refractivity contribution in [2.45, 2.75) is 38.1 Å². The molecule has 196 valence electrons. The quantitative estimate of drug-likeness (QED) is 0.468. The van der Waals surface area contributed by atoms with Crippen molar-refractivity contribution in [3.63, 3.8) is 0 Å². The van der Waals surface area contributed by atoms with E-state index in [1.807, 2.05) is 30.3 Å². The average Bonchev–Trinajstić information content (AvgIpc) is 2.90. The van der Waals surface area contributed by atoms with Gasteiger partial charge in [-0.05, 0) is 36.5 Å². The van der Waals surface area contributed by atoms with Gasteiger partial charge in [0, 0.05) is 25.0 Å². The smallest absolute Gasteiger partial charge is 0.324 e. The first-order valence-electron chi connectivity index (χ1n) is 12.0. The van der Waals surface area contributed by atoms with Crippen molar-refractivity contribution in [1.82, 2.24) is 14.3 Å². The van der Waals surface area contributed by atoms with Crippen molar-refractivity contribution in [3.05, 3.63) is 65.7 Å². The Morgan fingerprint density at radius 1 is 1.00 bits per heavy atom. The van der Waals surface area contributed by atoms with Gasteiger partial charge in [-0.1, -0.05) is 56.3 Å². The molecule has 1 amide bonds. The number of amides is 1. The minimum absolute atomic E-state index is 0.237. The van der Waals surface area contributed by atoms with Crippen LogP contribution in [-0.4, -0.2) is 64.5 Å². The summed E-state index contributed by atoms with van der Waals surface area (Å²) in [6, 6.07) is 15.9. The van der Waals surface area contributed by atoms with Crippen LogP contribution < -0.4 is 14.8 Å². The maximum Gasteiger partial charge on any atom is 0.324 e. The summed E-state index contributed by atoms with van der Waals surface area (Å²) >= 11 is 0. The van der Waals surface area contributed by atoms with E-state index in [2.05, 4.69) is 10.0 Å². The molecule has 0 unspecified atom stereocenters. The minimum atomic E-state index is -3.92. The molecule has 1 aliphatic rings. The van der Waals surface area contributed by atoms with E-state index >= 15 is 0 Å². The second-order valence-electron chi connectivity index (χ2n) is 9.30. The van der Waals surface area contributed by atoms with E-state index in [0.717, 1.165) is 5.56 Å². The van der Waals surface area contributed by atoms with E-state index in [1.165, 1.54) is 18.5 Å². The molecule has 0 spiro atoms. The molecule has 3 rings (SSSR count). The molecule has 10 heteroatoms. The Bertz CT molecular complexity index is 1150. The molecular weight excluding hydrogens is 482 g/mol. The maximum atomic E-state index is 13.1. The molecule has 1 atom stereocenters. The maximum absolute atomic E-state index is 13.1. The highest BCUT2D eigenvalue weighted by Crippen LogP contribution is 2.36. The number of para-hydroxylation sites is 1. The predicted molar refractivity (Wildman–Crippen MR) is 137 cm³/mol. The molecule has 2 N–H and O–H groups in total. The number of piperidine rings is 1. The van der Waals surface area contributed by atoms with Crippen LogP contribution in [0.1, 0.15) is 42.6 Å². The zero-order valence-electron chi connectivity index (χ0n) is 21.2. The van der Waals surface area contributed by atoms with Crippen molar-refractivity contribution >= 4 is 22.1 Å². The fourth-order valence-electron chi connectivity index (χ4n) is 4.51. The first-order chi connectivity index (χ1) is 17.1. The van der Waals surface area contributed by atoms with Crippen LogP contribution in [0, 0.1) is 5.92 Å². The topological polar surface area (TPSA) is 114 Å². The Morgan fingerprint density at radius 3 is 2.19 bits per heavy atom. The molecule has 0 radical (unpaired) electrons. The molecule has 0 aliphatic carbocycles. The van der Waals surface area contributed by atoms with Gasteiger partial charge in [0.1, 0.15) is 11.8 Å². The van der Waals surface area contributed by atoms with Crippen LogP contribution in [0.15, 0.2) is 54.6 Å². The van der Waals surface area contributed by atoms with E-state index in [0.29, 0.717) is 30.7 Å². The Morgan fingerprint density at radius 2 is 1.61 bits per heavy atom. The molecule has 1 heterocycles. The molecule has 1 saturated heterocycles. The summed E-state index contributed by atoms with van der Waals surface area (Å²) in [5.74, 6) is -0.660. The van der Waals surface area contributed by atoms with Gasteiger partial charge in [-0.2, -0.15) is 17.4 Å². The third-order valence-corrected chi connectivity index (χ3v) is 8.34. The van der Waals surface area contributed by atoms with Crippen LogP contribution in [0.25, 0.3) is 0 Å². The second-order valence-corrected chi connectivity index (χ2v) is 11.0. The summed E-state index contributed by atoms with van der Waals surface area (Å²) < 4.78 is 40.2. The number of esters is 1. The number of methoxy groups -OCH3 is 2. The monoisotopic (exact) mass is 517 g/mol. The zero-order chi connectivity index (χ0) is 26.3. The van der Waals surface area contributed by atoms with Gasteiger partial charge >= 0.3 is 5.97 Å². The summed E-state index contributed by atoms with van der Waals surface area (Å²) in [4.78, 5) is 25.1. The van der Waals surface area contributed by atoms with E-state index < -0.39 is 27.6 Å². The van der Waals surface area contributed by atoms with Gasteiger partial charge in [-0.15, -0.1) is 0 Å². The van der Waals surface area contributed by atoms with E-state index in [4.69, 9.17) is 9.47 Å². The number of benzene rings is 2. The lowest BCUT2D eigenvalue weighted by atomic mass is 9.73. The molecule has 0 aromatic heterocycles. The van der Waals surface area contributed by atoms with Crippen molar-refractivity contribution < 1.29 is 27.5 Å². The van der Waals surface area contributed by atoms with E-state index in [-0.39, 0.29) is 24.9 Å². The Labute approximate surface area is 213 Å². The number of carbonyl (C=O) groups excluding carboxylic acids is 2. The molecule has 0 saturated carbocycles. The molecule has 2 aromatic rings. The molecular formula is C26H35N3O6S. The SMILES string of the molecule is COC(=O)[C@@H](NS(=O)(=O)N1CCC(CNC(=O)c2ccccc2OC)(c2ccccc2)CC1)C(C)C. The predicted octanol–water partition coefficient (Wildman–Crippen LogP) is 2.49. The summed E-state index contributed by atoms with van der Waals surface area (Å²) in [6.07, 6.45) is 0.989. The third kappa shape index (κ3) is 6.24. The van der Waals surface area contributed by atoms with Gasteiger partial charge in [-0.3, -0.25) is 9.59 Å². The summed E-state index contributed by atoms with van der Waals surface area (Å²) in [7, 11) is -1.16. The third-order valence-electron chi connectivity index (χ3n) is 6.74. The van der Waals surface area contributed by atoms with Crippen LogP contribution in [-0.2, 0) is 25.2 Å². The van der Waals surface area contributed by atoms with Crippen molar-refractivity contribution in [3.8, 4) is 5.75 Å². The van der Waals surface area contributed by atoms with Gasteiger partial charge in [-0.25, -0.2) is 0 Å². The highest BCUT2D eigenvalue weighted by atomic mass is 32.2. The number of rotatable bonds is 10. The van der Waals surface area contributed by atoms with Crippen molar-refractivity contribution in [1.29, 1.82) is 0 Å². The molecule has 0 bridgehead atoms. The lowest BCUT2D eigenvalue weighted by molar-refractivity contribution is -0.143. The van der Waals surface area contributed by atoms with Gasteiger partial charge in [0.15, 0.2) is 0 Å². The summed E-state index contributed by atoms with van der Waals surface area (Å²) in [5.41, 5.74) is 1.02. The fourth-order valence-corrected chi connectivity index (χ4v) is 6.01. The highest BCUT2D eigenvalue weighted by molar-refractivity contribution is 7.87. The highest BCUT2D eigenvalue weighted by Gasteiger charge is 2.41. The normalized spacial score (nSPS) is 16.8. The number of ether oxygens (including phenoxy) is 2. The zero-order valence-corrected chi connectivity index (χ0v) is 22.0. The van der Waals surface area contributed by atoms with Crippen LogP contribution in [0.4, 0.5) is 0 Å². The van der Waals surface area contributed by atoms with E-state index in [9.17, 15) is 18.0 Å². The van der Waals surface area contributed by atoms with Crippen molar-refractivity contribution in [2.24, 2.45) is 5.92 Å². The second kappa shape index (κ2) is 11.9. The van der Waals surface area contributed by atoms with Gasteiger partial charge in [0.05, 0.1) is 19.8 Å². The molecule has 9 nitrogen and oxygen atoms in total. The fraction of sp³-hybridized carbons (Fsp3) is 0.462. The minimum Gasteiger partial charge on any atom is -0.496 e. The lowest BCUT2D eigenvalue weighted by Gasteiger charge is -2.42. The Kier molecular flexibility index (Phi) is 9.10. The van der Waals surface area contributed by atoms with Crippen LogP contribution in [0.5, 0.6) is 5.75 Å². The summed E-state index contributed by atoms with van der Waals surface area (Å²) in [5, 5.41) is 3.04. The summed E-state index contributed by atoms with van der Waals surface area (Å²) in [6.45, 7) is 4.32.